The Balaban J connectivity index is 1.99. The van der Waals surface area contributed by atoms with Crippen molar-refractivity contribution in [3.8, 4) is 0 Å². The van der Waals surface area contributed by atoms with Crippen LogP contribution in [0, 0.1) is 5.92 Å². The van der Waals surface area contributed by atoms with Crippen LogP contribution in [0.15, 0.2) is 32.3 Å². The van der Waals surface area contributed by atoms with Crippen molar-refractivity contribution in [3.05, 3.63) is 28.7 Å². The molecule has 0 saturated carbocycles. The van der Waals surface area contributed by atoms with Crippen LogP contribution in [0.4, 0.5) is 0 Å². The zero-order valence-corrected chi connectivity index (χ0v) is 14.0. The van der Waals surface area contributed by atoms with Crippen LogP contribution in [-0.4, -0.2) is 41.5 Å². The van der Waals surface area contributed by atoms with Gasteiger partial charge in [-0.05, 0) is 31.9 Å². The molecule has 0 amide bonds. The molecular weight excluding hydrogens is 336 g/mol. The zero-order chi connectivity index (χ0) is 17.5. The Kier molecular flexibility index (Phi) is 4.22. The molecule has 1 N–H and O–H groups in total. The molecule has 130 valence electrons. The van der Waals surface area contributed by atoms with E-state index in [9.17, 15) is 18.0 Å². The maximum atomic E-state index is 12.8. The number of carboxylic acid groups (broad SMARTS) is 1. The number of fused-ring (bicyclic) bond motifs is 1. The topological polar surface area (TPSA) is 110 Å². The summed E-state index contributed by atoms with van der Waals surface area (Å²) < 4.78 is 33.2. The van der Waals surface area contributed by atoms with Crippen LogP contribution >= 0.6 is 0 Å². The lowest BCUT2D eigenvalue weighted by molar-refractivity contribution is -0.142. The highest BCUT2D eigenvalue weighted by Gasteiger charge is 2.33. The van der Waals surface area contributed by atoms with Crippen LogP contribution in [0.5, 0.6) is 0 Å². The van der Waals surface area contributed by atoms with Crippen molar-refractivity contribution in [3.63, 3.8) is 0 Å². The van der Waals surface area contributed by atoms with Crippen molar-refractivity contribution >= 4 is 27.1 Å². The molecule has 1 aliphatic heterocycles. The van der Waals surface area contributed by atoms with Gasteiger partial charge in [0.15, 0.2) is 5.58 Å². The van der Waals surface area contributed by atoms with Crippen molar-refractivity contribution in [1.29, 1.82) is 0 Å². The third kappa shape index (κ3) is 2.73. The van der Waals surface area contributed by atoms with Crippen LogP contribution in [0.25, 0.3) is 11.1 Å². The number of sulfonamides is 1. The Morgan fingerprint density at radius 3 is 2.83 bits per heavy atom. The number of hydrogen-bond acceptors (Lipinski definition) is 5. The quantitative estimate of drug-likeness (QED) is 0.880. The van der Waals surface area contributed by atoms with Gasteiger partial charge in [0.05, 0.1) is 16.3 Å². The normalized spacial score (nSPS) is 19.6. The van der Waals surface area contributed by atoms with Crippen molar-refractivity contribution in [2.75, 3.05) is 13.1 Å². The maximum absolute atomic E-state index is 12.8. The van der Waals surface area contributed by atoms with E-state index in [-0.39, 0.29) is 23.6 Å². The predicted molar refractivity (Wildman–Crippen MR) is 85.3 cm³/mol. The van der Waals surface area contributed by atoms with Gasteiger partial charge in [-0.15, -0.1) is 0 Å². The number of benzene rings is 1. The van der Waals surface area contributed by atoms with E-state index in [1.807, 2.05) is 0 Å². The lowest BCUT2D eigenvalue weighted by Crippen LogP contribution is -2.42. The van der Waals surface area contributed by atoms with Crippen LogP contribution in [0.1, 0.15) is 19.8 Å². The van der Waals surface area contributed by atoms with Crippen LogP contribution < -0.4 is 5.76 Å². The fourth-order valence-corrected chi connectivity index (χ4v) is 4.56. The van der Waals surface area contributed by atoms with E-state index in [4.69, 9.17) is 9.52 Å². The van der Waals surface area contributed by atoms with Gasteiger partial charge in [0, 0.05) is 25.7 Å². The molecule has 1 atom stereocenters. The summed E-state index contributed by atoms with van der Waals surface area (Å²) in [6.07, 6.45) is 0.967. The second-order valence-electron chi connectivity index (χ2n) is 5.78. The van der Waals surface area contributed by atoms with Gasteiger partial charge in [-0.2, -0.15) is 4.31 Å². The Morgan fingerprint density at radius 1 is 1.42 bits per heavy atom. The predicted octanol–water partition coefficient (Wildman–Crippen LogP) is 1.10. The molecule has 24 heavy (non-hydrogen) atoms. The van der Waals surface area contributed by atoms with Crippen molar-refractivity contribution in [2.24, 2.45) is 5.92 Å². The first-order chi connectivity index (χ1) is 11.3. The molecule has 2 heterocycles. The summed E-state index contributed by atoms with van der Waals surface area (Å²) >= 11 is 0. The number of hydrogen-bond donors (Lipinski definition) is 1. The van der Waals surface area contributed by atoms with Gasteiger partial charge in [-0.25, -0.2) is 13.2 Å². The van der Waals surface area contributed by atoms with Gasteiger partial charge in [-0.3, -0.25) is 9.36 Å². The molecule has 9 heteroatoms. The van der Waals surface area contributed by atoms with E-state index in [0.717, 1.165) is 0 Å². The molecule has 1 aromatic heterocycles. The number of aliphatic carboxylic acids is 1. The largest absolute Gasteiger partial charge is 0.481 e. The lowest BCUT2D eigenvalue weighted by atomic mass is 10.0. The number of oxazole rings is 1. The average molecular weight is 354 g/mol. The van der Waals surface area contributed by atoms with Gasteiger partial charge in [0.2, 0.25) is 10.0 Å². The van der Waals surface area contributed by atoms with E-state index in [2.05, 4.69) is 0 Å². The van der Waals surface area contributed by atoms with Crippen LogP contribution in [0.2, 0.25) is 0 Å². The minimum atomic E-state index is -3.83. The van der Waals surface area contributed by atoms with Gasteiger partial charge < -0.3 is 9.52 Å². The standard InChI is InChI=1S/C15H18N2O6S/c1-2-17-12-6-5-11(8-13(12)23-15(17)20)24(21,22)16-7-3-4-10(9-16)14(18)19/h5-6,8,10H,2-4,7,9H2,1H3,(H,18,19). The number of carboxylic acids is 1. The monoisotopic (exact) mass is 354 g/mol. The van der Waals surface area contributed by atoms with Gasteiger partial charge in [-0.1, -0.05) is 0 Å². The zero-order valence-electron chi connectivity index (χ0n) is 13.1. The van der Waals surface area contributed by atoms with Crippen molar-refractivity contribution in [2.45, 2.75) is 31.2 Å². The Bertz CT molecular complexity index is 943. The number of aryl methyl sites for hydroxylation is 1. The third-order valence-electron chi connectivity index (χ3n) is 4.33. The highest BCUT2D eigenvalue weighted by molar-refractivity contribution is 7.89. The van der Waals surface area contributed by atoms with E-state index < -0.39 is 27.7 Å². The van der Waals surface area contributed by atoms with Crippen LogP contribution in [0.3, 0.4) is 0 Å². The summed E-state index contributed by atoms with van der Waals surface area (Å²) in [7, 11) is -3.83. The number of aromatic nitrogens is 1. The number of nitrogens with zero attached hydrogens (tertiary/aromatic N) is 2. The van der Waals surface area contributed by atoms with E-state index in [1.54, 1.807) is 6.92 Å². The molecule has 2 aromatic rings. The minimum Gasteiger partial charge on any atom is -0.481 e. The lowest BCUT2D eigenvalue weighted by Gasteiger charge is -2.29. The first-order valence-electron chi connectivity index (χ1n) is 7.71. The molecule has 0 radical (unpaired) electrons. The molecular formula is C15H18N2O6S. The number of rotatable bonds is 4. The molecule has 8 nitrogen and oxygen atoms in total. The summed E-state index contributed by atoms with van der Waals surface area (Å²) in [6, 6.07) is 4.28. The molecule has 0 spiro atoms. The van der Waals surface area contributed by atoms with Gasteiger partial charge >= 0.3 is 11.7 Å². The maximum Gasteiger partial charge on any atom is 0.419 e. The Morgan fingerprint density at radius 2 is 2.17 bits per heavy atom. The molecule has 1 aliphatic rings. The number of piperidine rings is 1. The fourth-order valence-electron chi connectivity index (χ4n) is 3.02. The first-order valence-corrected chi connectivity index (χ1v) is 9.15. The van der Waals surface area contributed by atoms with E-state index >= 15 is 0 Å². The van der Waals surface area contributed by atoms with Gasteiger partial charge in [0.25, 0.3) is 0 Å². The van der Waals surface area contributed by atoms with Crippen molar-refractivity contribution < 1.29 is 22.7 Å². The summed E-state index contributed by atoms with van der Waals surface area (Å²) in [5, 5.41) is 9.12. The second kappa shape index (κ2) is 6.06. The highest BCUT2D eigenvalue weighted by Crippen LogP contribution is 2.26. The molecule has 0 bridgehead atoms. The highest BCUT2D eigenvalue weighted by atomic mass is 32.2. The van der Waals surface area contributed by atoms with Crippen LogP contribution in [-0.2, 0) is 21.4 Å². The Hall–Kier alpha value is -2.13. The number of carbonyl (C=O) groups is 1. The molecule has 3 rings (SSSR count). The first kappa shape index (κ1) is 16.7. The smallest absolute Gasteiger partial charge is 0.419 e. The van der Waals surface area contributed by atoms with Gasteiger partial charge in [0.1, 0.15) is 0 Å². The third-order valence-corrected chi connectivity index (χ3v) is 6.19. The summed E-state index contributed by atoms with van der Waals surface area (Å²) in [6.45, 7) is 2.45. The Labute approximate surface area is 138 Å². The molecule has 0 aliphatic carbocycles. The second-order valence-corrected chi connectivity index (χ2v) is 7.72. The summed E-state index contributed by atoms with van der Waals surface area (Å²) in [5.74, 6) is -2.22. The fraction of sp³-hybridized carbons (Fsp3) is 0.467. The van der Waals surface area contributed by atoms with E-state index in [1.165, 1.54) is 27.1 Å². The summed E-state index contributed by atoms with van der Waals surface area (Å²) in [4.78, 5) is 22.9. The summed E-state index contributed by atoms with van der Waals surface area (Å²) in [5.41, 5.74) is 0.734. The SMILES string of the molecule is CCn1c(=O)oc2cc(S(=O)(=O)N3CCCC(C(=O)O)C3)ccc21. The molecule has 1 fully saturated rings. The molecule has 1 unspecified atom stereocenters. The molecule has 1 saturated heterocycles. The van der Waals surface area contributed by atoms with Crippen molar-refractivity contribution in [1.82, 2.24) is 8.87 Å². The average Bonchev–Trinajstić information content (AvgIpc) is 2.88. The minimum absolute atomic E-state index is 0.00181. The van der Waals surface area contributed by atoms with E-state index in [0.29, 0.717) is 24.9 Å². The molecule has 1 aromatic carbocycles.